The fourth-order valence-electron chi connectivity index (χ4n) is 2.47. The second kappa shape index (κ2) is 5.86. The molecule has 4 nitrogen and oxygen atoms in total. The van der Waals surface area contributed by atoms with Crippen molar-refractivity contribution in [3.8, 4) is 11.4 Å². The van der Waals surface area contributed by atoms with Crippen molar-refractivity contribution < 1.29 is 0 Å². The van der Waals surface area contributed by atoms with Crippen LogP contribution < -0.4 is 5.43 Å². The van der Waals surface area contributed by atoms with Crippen LogP contribution in [0, 0.1) is 6.92 Å². The van der Waals surface area contributed by atoms with E-state index in [0.29, 0.717) is 0 Å². The van der Waals surface area contributed by atoms with Crippen molar-refractivity contribution in [2.75, 3.05) is 5.43 Å². The molecule has 114 valence electrons. The highest BCUT2D eigenvalue weighted by Gasteiger charge is 2.20. The highest BCUT2D eigenvalue weighted by atomic mass is 79.9. The van der Waals surface area contributed by atoms with Gasteiger partial charge >= 0.3 is 0 Å². The zero-order valence-electron chi connectivity index (χ0n) is 12.3. The van der Waals surface area contributed by atoms with Crippen molar-refractivity contribution in [1.29, 1.82) is 0 Å². The molecule has 6 heteroatoms. The van der Waals surface area contributed by atoms with Crippen molar-refractivity contribution in [1.82, 2.24) is 14.9 Å². The molecule has 1 aromatic heterocycles. The number of thioether (sulfide) groups is 1. The Hall–Kier alpha value is -2.05. The summed E-state index contributed by atoms with van der Waals surface area (Å²) in [4.78, 5) is 0. The lowest BCUT2D eigenvalue weighted by molar-refractivity contribution is 0.825. The summed E-state index contributed by atoms with van der Waals surface area (Å²) in [5.41, 5.74) is 7.83. The molecular weight excluding hydrogens is 372 g/mol. The molecule has 0 fully saturated rings. The van der Waals surface area contributed by atoms with Crippen LogP contribution in [0.25, 0.3) is 17.1 Å². The third-order valence-electron chi connectivity index (χ3n) is 3.69. The molecule has 4 rings (SSSR count). The van der Waals surface area contributed by atoms with Crippen LogP contribution in [-0.2, 0) is 0 Å². The molecule has 0 unspecified atom stereocenters. The van der Waals surface area contributed by atoms with Crippen molar-refractivity contribution in [3.63, 3.8) is 0 Å². The van der Waals surface area contributed by atoms with Gasteiger partial charge in [-0.05, 0) is 24.6 Å². The first kappa shape index (κ1) is 14.5. The molecule has 23 heavy (non-hydrogen) atoms. The number of fused-ring (bicyclic) bond motifs is 1. The summed E-state index contributed by atoms with van der Waals surface area (Å²) in [6, 6.07) is 16.4. The van der Waals surface area contributed by atoms with Crippen LogP contribution in [-0.4, -0.2) is 14.9 Å². The van der Waals surface area contributed by atoms with E-state index < -0.39 is 0 Å². The number of halogens is 1. The van der Waals surface area contributed by atoms with Crippen LogP contribution in [0.3, 0.4) is 0 Å². The Kier molecular flexibility index (Phi) is 3.71. The van der Waals surface area contributed by atoms with Gasteiger partial charge in [0.1, 0.15) is 0 Å². The summed E-state index contributed by atoms with van der Waals surface area (Å²) < 4.78 is 3.01. The summed E-state index contributed by atoms with van der Waals surface area (Å²) in [5, 5.41) is 11.5. The lowest BCUT2D eigenvalue weighted by Crippen LogP contribution is -2.18. The van der Waals surface area contributed by atoms with E-state index in [0.717, 1.165) is 32.3 Å². The molecule has 1 aliphatic rings. The van der Waals surface area contributed by atoms with E-state index >= 15 is 0 Å². The molecule has 2 aromatic carbocycles. The van der Waals surface area contributed by atoms with E-state index in [1.54, 1.807) is 11.8 Å². The number of aromatic nitrogens is 3. The van der Waals surface area contributed by atoms with Gasteiger partial charge in [0, 0.05) is 21.0 Å². The van der Waals surface area contributed by atoms with Gasteiger partial charge in [0.25, 0.3) is 0 Å². The second-order valence-electron chi connectivity index (χ2n) is 5.22. The van der Waals surface area contributed by atoms with E-state index in [1.807, 2.05) is 28.9 Å². The Morgan fingerprint density at radius 3 is 2.61 bits per heavy atom. The molecule has 0 atom stereocenters. The summed E-state index contributed by atoms with van der Waals surface area (Å²) >= 11 is 5.04. The van der Waals surface area contributed by atoms with E-state index in [4.69, 9.17) is 0 Å². The average molecular weight is 385 g/mol. The van der Waals surface area contributed by atoms with Crippen molar-refractivity contribution >= 4 is 33.4 Å². The Bertz CT molecular complexity index is 899. The first-order chi connectivity index (χ1) is 11.2. The molecule has 0 amide bonds. The summed E-state index contributed by atoms with van der Waals surface area (Å²) in [6.45, 7) is 2.08. The quantitative estimate of drug-likeness (QED) is 0.697. The minimum Gasteiger partial charge on any atom is -0.289 e. The maximum absolute atomic E-state index is 4.36. The van der Waals surface area contributed by atoms with Crippen LogP contribution in [0.2, 0.25) is 0 Å². The smallest absolute Gasteiger partial charge is 0.214 e. The van der Waals surface area contributed by atoms with E-state index in [-0.39, 0.29) is 0 Å². The number of hydrogen-bond donors (Lipinski definition) is 1. The maximum atomic E-state index is 4.36. The second-order valence-corrected chi connectivity index (χ2v) is 6.98. The SMILES string of the molecule is Cc1ccccc1-c1nnc2n1NC(c1ccc(Br)cc1)=CS2. The van der Waals surface area contributed by atoms with Crippen LogP contribution >= 0.6 is 27.7 Å². The zero-order chi connectivity index (χ0) is 15.8. The number of rotatable bonds is 2. The number of nitrogens with zero attached hydrogens (tertiary/aromatic N) is 3. The molecule has 0 spiro atoms. The Balaban J connectivity index is 1.73. The van der Waals surface area contributed by atoms with Gasteiger partial charge in [-0.15, -0.1) is 10.2 Å². The topological polar surface area (TPSA) is 42.7 Å². The third kappa shape index (κ3) is 2.68. The van der Waals surface area contributed by atoms with Crippen molar-refractivity contribution in [3.05, 3.63) is 69.5 Å². The molecule has 1 aliphatic heterocycles. The van der Waals surface area contributed by atoms with Gasteiger partial charge in [-0.3, -0.25) is 5.43 Å². The van der Waals surface area contributed by atoms with E-state index in [1.165, 1.54) is 5.56 Å². The molecule has 0 radical (unpaired) electrons. The number of aryl methyl sites for hydroxylation is 1. The molecule has 0 saturated carbocycles. The fourth-order valence-corrected chi connectivity index (χ4v) is 3.47. The first-order valence-corrected chi connectivity index (χ1v) is 8.81. The van der Waals surface area contributed by atoms with Gasteiger partial charge in [-0.25, -0.2) is 4.68 Å². The molecular formula is C17H13BrN4S. The van der Waals surface area contributed by atoms with Gasteiger partial charge in [0.2, 0.25) is 5.16 Å². The first-order valence-electron chi connectivity index (χ1n) is 7.13. The van der Waals surface area contributed by atoms with E-state index in [2.05, 4.69) is 68.2 Å². The van der Waals surface area contributed by atoms with Crippen LogP contribution in [0.1, 0.15) is 11.1 Å². The Labute approximate surface area is 146 Å². The van der Waals surface area contributed by atoms with Gasteiger partial charge in [0.15, 0.2) is 5.82 Å². The summed E-state index contributed by atoms with van der Waals surface area (Å²) in [7, 11) is 0. The molecule has 0 saturated heterocycles. The number of nitrogens with one attached hydrogen (secondary N) is 1. The highest BCUT2D eigenvalue weighted by molar-refractivity contribution is 9.10. The van der Waals surface area contributed by atoms with Crippen LogP contribution in [0.15, 0.2) is 63.6 Å². The minimum atomic E-state index is 0.827. The minimum absolute atomic E-state index is 0.827. The number of benzene rings is 2. The molecule has 1 N–H and O–H groups in total. The maximum Gasteiger partial charge on any atom is 0.214 e. The highest BCUT2D eigenvalue weighted by Crippen LogP contribution is 2.32. The molecule has 0 aliphatic carbocycles. The predicted octanol–water partition coefficient (Wildman–Crippen LogP) is 4.66. The monoisotopic (exact) mass is 384 g/mol. The van der Waals surface area contributed by atoms with Crippen molar-refractivity contribution in [2.24, 2.45) is 0 Å². The molecule has 3 aromatic rings. The lowest BCUT2D eigenvalue weighted by atomic mass is 10.1. The van der Waals surface area contributed by atoms with Crippen LogP contribution in [0.5, 0.6) is 0 Å². The summed E-state index contributed by atoms with van der Waals surface area (Å²) in [5.74, 6) is 0.827. The van der Waals surface area contributed by atoms with Crippen LogP contribution in [0.4, 0.5) is 0 Å². The van der Waals surface area contributed by atoms with Gasteiger partial charge in [0.05, 0.1) is 5.70 Å². The third-order valence-corrected chi connectivity index (χ3v) is 5.05. The number of hydrogen-bond acceptors (Lipinski definition) is 4. The average Bonchev–Trinajstić information content (AvgIpc) is 2.99. The largest absolute Gasteiger partial charge is 0.289 e. The standard InChI is InChI=1S/C17H13BrN4S/c1-11-4-2-3-5-14(11)16-19-20-17-22(16)21-15(10-23-17)12-6-8-13(18)9-7-12/h2-10,21H,1H3. The fraction of sp³-hybridized carbons (Fsp3) is 0.0588. The Morgan fingerprint density at radius 2 is 1.83 bits per heavy atom. The molecule has 0 bridgehead atoms. The Morgan fingerprint density at radius 1 is 1.04 bits per heavy atom. The molecule has 2 heterocycles. The lowest BCUT2D eigenvalue weighted by Gasteiger charge is -2.19. The summed E-state index contributed by atoms with van der Waals surface area (Å²) in [6.07, 6.45) is 0. The predicted molar refractivity (Wildman–Crippen MR) is 97.5 cm³/mol. The van der Waals surface area contributed by atoms with Crippen molar-refractivity contribution in [2.45, 2.75) is 12.1 Å². The normalized spacial score (nSPS) is 13.2. The van der Waals surface area contributed by atoms with Gasteiger partial charge in [-0.1, -0.05) is 64.1 Å². The van der Waals surface area contributed by atoms with Gasteiger partial charge in [-0.2, -0.15) is 0 Å². The zero-order valence-corrected chi connectivity index (χ0v) is 14.7. The van der Waals surface area contributed by atoms with Gasteiger partial charge < -0.3 is 0 Å². The van der Waals surface area contributed by atoms with E-state index in [9.17, 15) is 0 Å².